The first-order valence-electron chi connectivity index (χ1n) is 9.93. The Bertz CT molecular complexity index is 823. The highest BCUT2D eigenvalue weighted by Gasteiger charge is 2.22. The predicted molar refractivity (Wildman–Crippen MR) is 112 cm³/mol. The van der Waals surface area contributed by atoms with Crippen LogP contribution in [0.15, 0.2) is 28.8 Å². The summed E-state index contributed by atoms with van der Waals surface area (Å²) in [6.45, 7) is 4.59. The van der Waals surface area contributed by atoms with Gasteiger partial charge in [-0.3, -0.25) is 9.59 Å². The minimum Gasteiger partial charge on any atom is -0.369 e. The number of piperidine rings is 1. The highest BCUT2D eigenvalue weighted by atomic mass is 35.5. The van der Waals surface area contributed by atoms with Gasteiger partial charge >= 0.3 is 0 Å². The molecule has 1 aromatic heterocycles. The van der Waals surface area contributed by atoms with Crippen LogP contribution in [0.4, 0.5) is 5.69 Å². The molecule has 156 valence electrons. The van der Waals surface area contributed by atoms with Gasteiger partial charge in [0.2, 0.25) is 17.0 Å². The molecular formula is C21H27ClN4O3. The van der Waals surface area contributed by atoms with E-state index in [0.29, 0.717) is 18.5 Å². The maximum atomic E-state index is 12.2. The topological polar surface area (TPSA) is 101 Å². The van der Waals surface area contributed by atoms with Crippen LogP contribution in [0.2, 0.25) is 5.22 Å². The summed E-state index contributed by atoms with van der Waals surface area (Å²) in [6.07, 6.45) is 3.43. The molecule has 1 aromatic carbocycles. The van der Waals surface area contributed by atoms with E-state index in [-0.39, 0.29) is 23.0 Å². The van der Waals surface area contributed by atoms with E-state index in [0.717, 1.165) is 50.1 Å². The normalized spacial score (nSPS) is 15.4. The van der Waals surface area contributed by atoms with Crippen LogP contribution >= 0.6 is 11.6 Å². The molecule has 3 N–H and O–H groups in total. The highest BCUT2D eigenvalue weighted by Crippen LogP contribution is 2.21. The lowest BCUT2D eigenvalue weighted by Crippen LogP contribution is -2.39. The van der Waals surface area contributed by atoms with Gasteiger partial charge in [-0.2, -0.15) is 0 Å². The second-order valence-corrected chi connectivity index (χ2v) is 7.88. The quantitative estimate of drug-likeness (QED) is 0.686. The van der Waals surface area contributed by atoms with Crippen molar-refractivity contribution in [3.63, 3.8) is 0 Å². The minimum atomic E-state index is -0.179. The van der Waals surface area contributed by atoms with Crippen molar-refractivity contribution in [2.45, 2.75) is 39.0 Å². The molecule has 0 aliphatic carbocycles. The van der Waals surface area contributed by atoms with Gasteiger partial charge in [0.1, 0.15) is 0 Å². The Morgan fingerprint density at radius 1 is 1.24 bits per heavy atom. The molecule has 1 aliphatic heterocycles. The third-order valence-electron chi connectivity index (χ3n) is 5.48. The van der Waals surface area contributed by atoms with E-state index < -0.39 is 0 Å². The van der Waals surface area contributed by atoms with Crippen LogP contribution in [0.3, 0.4) is 0 Å². The first-order chi connectivity index (χ1) is 13.9. The first kappa shape index (κ1) is 21.3. The molecule has 2 amide bonds. The average molecular weight is 419 g/mol. The molecule has 1 saturated heterocycles. The van der Waals surface area contributed by atoms with Gasteiger partial charge < -0.3 is 20.5 Å². The van der Waals surface area contributed by atoms with Crippen LogP contribution in [0.1, 0.15) is 36.1 Å². The van der Waals surface area contributed by atoms with Crippen molar-refractivity contribution in [1.29, 1.82) is 0 Å². The fraction of sp³-hybridized carbons (Fsp3) is 0.476. The van der Waals surface area contributed by atoms with Gasteiger partial charge in [-0.15, -0.1) is 0 Å². The Labute approximate surface area is 175 Å². The zero-order valence-corrected chi connectivity index (χ0v) is 17.4. The maximum absolute atomic E-state index is 12.2. The van der Waals surface area contributed by atoms with E-state index in [9.17, 15) is 9.59 Å². The maximum Gasteiger partial charge on any atom is 0.229 e. The zero-order chi connectivity index (χ0) is 20.8. The van der Waals surface area contributed by atoms with Crippen molar-refractivity contribution < 1.29 is 14.1 Å². The van der Waals surface area contributed by atoms with Crippen LogP contribution < -0.4 is 11.1 Å². The summed E-state index contributed by atoms with van der Waals surface area (Å²) >= 11 is 5.93. The third kappa shape index (κ3) is 6.05. The number of benzene rings is 1. The number of hydrogen-bond donors (Lipinski definition) is 2. The lowest BCUT2D eigenvalue weighted by atomic mass is 9.96. The van der Waals surface area contributed by atoms with Gasteiger partial charge in [-0.25, -0.2) is 0 Å². The number of rotatable bonds is 8. The van der Waals surface area contributed by atoms with Crippen LogP contribution in [0, 0.1) is 12.8 Å². The van der Waals surface area contributed by atoms with Crippen LogP contribution in [-0.2, 0) is 22.4 Å². The Balaban J connectivity index is 1.40. The number of aryl methyl sites for hydroxylation is 1. The van der Waals surface area contributed by atoms with Crippen molar-refractivity contribution >= 4 is 29.1 Å². The van der Waals surface area contributed by atoms with Crippen molar-refractivity contribution in [3.05, 3.63) is 46.3 Å². The van der Waals surface area contributed by atoms with Crippen LogP contribution in [0.25, 0.3) is 0 Å². The second kappa shape index (κ2) is 9.89. The Kier molecular flexibility index (Phi) is 7.28. The number of carbonyl (C=O) groups is 2. The average Bonchev–Trinajstić information content (AvgIpc) is 3.03. The number of nitrogens with zero attached hydrogens (tertiary/aromatic N) is 2. The molecule has 8 heteroatoms. The standard InChI is InChI=1S/C21H27ClN4O3/c1-14-18(20(22)29-25-14)6-7-19(27)24-17-4-2-15(3-5-17)8-11-26-12-9-16(10-13-26)21(23)28/h2-5,16H,6-13H2,1H3,(H2,23,28)(H,24,27). The summed E-state index contributed by atoms with van der Waals surface area (Å²) in [7, 11) is 0. The van der Waals surface area contributed by atoms with Gasteiger partial charge in [0.15, 0.2) is 0 Å². The number of halogens is 1. The Morgan fingerprint density at radius 3 is 2.52 bits per heavy atom. The lowest BCUT2D eigenvalue weighted by molar-refractivity contribution is -0.123. The number of hydrogen-bond acceptors (Lipinski definition) is 5. The molecule has 3 rings (SSSR count). The van der Waals surface area contributed by atoms with E-state index in [1.165, 1.54) is 5.56 Å². The van der Waals surface area contributed by atoms with E-state index >= 15 is 0 Å². The van der Waals surface area contributed by atoms with Gasteiger partial charge in [0, 0.05) is 30.1 Å². The molecule has 0 saturated carbocycles. The number of nitrogens with one attached hydrogen (secondary N) is 1. The van der Waals surface area contributed by atoms with Crippen molar-refractivity contribution in [2.75, 3.05) is 25.0 Å². The summed E-state index contributed by atoms with van der Waals surface area (Å²) < 4.78 is 4.90. The number of amides is 2. The molecule has 1 fully saturated rings. The smallest absolute Gasteiger partial charge is 0.229 e. The molecule has 2 aromatic rings. The van der Waals surface area contributed by atoms with Gasteiger partial charge in [0.25, 0.3) is 0 Å². The second-order valence-electron chi connectivity index (χ2n) is 7.53. The molecule has 7 nitrogen and oxygen atoms in total. The molecule has 0 spiro atoms. The van der Waals surface area contributed by atoms with E-state index in [2.05, 4.69) is 15.4 Å². The molecule has 0 unspecified atom stereocenters. The van der Waals surface area contributed by atoms with Crippen molar-refractivity contribution in [1.82, 2.24) is 10.1 Å². The third-order valence-corrected chi connectivity index (χ3v) is 5.78. The van der Waals surface area contributed by atoms with E-state index in [1.807, 2.05) is 24.3 Å². The summed E-state index contributed by atoms with van der Waals surface area (Å²) in [6, 6.07) is 7.91. The number of nitrogens with two attached hydrogens (primary N) is 1. The minimum absolute atomic E-state index is 0.0267. The summed E-state index contributed by atoms with van der Waals surface area (Å²) in [5.74, 6) is -0.229. The SMILES string of the molecule is Cc1noc(Cl)c1CCC(=O)Nc1ccc(CCN2CCC(C(N)=O)CC2)cc1. The van der Waals surface area contributed by atoms with E-state index in [1.54, 1.807) is 6.92 Å². The lowest BCUT2D eigenvalue weighted by Gasteiger charge is -2.30. The first-order valence-corrected chi connectivity index (χ1v) is 10.3. The van der Waals surface area contributed by atoms with Crippen molar-refractivity contribution in [3.8, 4) is 0 Å². The van der Waals surface area contributed by atoms with Crippen LogP contribution in [0.5, 0.6) is 0 Å². The van der Waals surface area contributed by atoms with Crippen LogP contribution in [-0.4, -0.2) is 41.5 Å². The molecule has 2 heterocycles. The monoisotopic (exact) mass is 418 g/mol. The molecule has 0 bridgehead atoms. The number of primary amides is 1. The number of likely N-dealkylation sites (tertiary alicyclic amines) is 1. The molecule has 29 heavy (non-hydrogen) atoms. The summed E-state index contributed by atoms with van der Waals surface area (Å²) in [4.78, 5) is 25.8. The number of aromatic nitrogens is 1. The highest BCUT2D eigenvalue weighted by molar-refractivity contribution is 6.29. The largest absolute Gasteiger partial charge is 0.369 e. The number of anilines is 1. The van der Waals surface area contributed by atoms with Gasteiger partial charge in [-0.05, 0) is 75.0 Å². The zero-order valence-electron chi connectivity index (χ0n) is 16.6. The molecule has 1 aliphatic rings. The molecule has 0 atom stereocenters. The van der Waals surface area contributed by atoms with Gasteiger partial charge in [0.05, 0.1) is 5.69 Å². The predicted octanol–water partition coefficient (Wildman–Crippen LogP) is 2.95. The van der Waals surface area contributed by atoms with E-state index in [4.69, 9.17) is 21.9 Å². The Hall–Kier alpha value is -2.38. The fourth-order valence-electron chi connectivity index (χ4n) is 3.59. The molecule has 0 radical (unpaired) electrons. The van der Waals surface area contributed by atoms with Crippen molar-refractivity contribution in [2.24, 2.45) is 11.7 Å². The molecular weight excluding hydrogens is 392 g/mol. The number of carbonyl (C=O) groups excluding carboxylic acids is 2. The fourth-order valence-corrected chi connectivity index (χ4v) is 3.85. The summed E-state index contributed by atoms with van der Waals surface area (Å²) in [5, 5.41) is 6.94. The van der Waals surface area contributed by atoms with Gasteiger partial charge in [-0.1, -0.05) is 17.3 Å². The Morgan fingerprint density at radius 2 is 1.93 bits per heavy atom. The summed E-state index contributed by atoms with van der Waals surface area (Å²) in [5.41, 5.74) is 8.86.